The highest BCUT2D eigenvalue weighted by Crippen LogP contribution is 2.24. The molecule has 42 heavy (non-hydrogen) atoms. The fourth-order valence-corrected chi connectivity index (χ4v) is 9.20. The van der Waals surface area contributed by atoms with E-state index in [9.17, 15) is 9.59 Å². The molecule has 0 spiro atoms. The SMILES string of the molecule is CCCCCCCCCCCCOC(=O)CCSCCSSCCSCCC(=O)OCCCCCCCCCCCC. The molecule has 0 aromatic heterocycles. The van der Waals surface area contributed by atoms with Gasteiger partial charge in [-0.25, -0.2) is 0 Å². The van der Waals surface area contributed by atoms with Crippen molar-refractivity contribution in [2.24, 2.45) is 0 Å². The van der Waals surface area contributed by atoms with E-state index in [2.05, 4.69) is 13.8 Å². The molecule has 0 aliphatic carbocycles. The van der Waals surface area contributed by atoms with E-state index in [1.807, 2.05) is 45.1 Å². The van der Waals surface area contributed by atoms with Gasteiger partial charge in [0.15, 0.2) is 0 Å². The third-order valence-corrected chi connectivity index (χ3v) is 12.0. The zero-order chi connectivity index (χ0) is 30.6. The van der Waals surface area contributed by atoms with Crippen LogP contribution >= 0.6 is 45.1 Å². The predicted octanol–water partition coefficient (Wildman–Crippen LogP) is 11.5. The molecule has 0 unspecified atom stereocenters. The van der Waals surface area contributed by atoms with Gasteiger partial charge in [0.2, 0.25) is 0 Å². The molecule has 0 fully saturated rings. The molecule has 0 bridgehead atoms. The van der Waals surface area contributed by atoms with Gasteiger partial charge in [-0.05, 0) is 12.8 Å². The van der Waals surface area contributed by atoms with E-state index in [0.29, 0.717) is 26.1 Å². The second-order valence-corrected chi connectivity index (χ2v) is 16.3. The Labute approximate surface area is 277 Å². The lowest BCUT2D eigenvalue weighted by molar-refractivity contribution is -0.144. The number of rotatable bonds is 35. The van der Waals surface area contributed by atoms with Crippen molar-refractivity contribution in [1.82, 2.24) is 0 Å². The van der Waals surface area contributed by atoms with E-state index in [0.717, 1.165) is 47.4 Å². The minimum absolute atomic E-state index is 0.0415. The van der Waals surface area contributed by atoms with Crippen molar-refractivity contribution >= 4 is 57.1 Å². The van der Waals surface area contributed by atoms with Crippen LogP contribution in [0.4, 0.5) is 0 Å². The molecule has 0 saturated heterocycles. The first-order chi connectivity index (χ1) is 20.7. The van der Waals surface area contributed by atoms with Gasteiger partial charge in [0.1, 0.15) is 0 Å². The number of hydrogen-bond acceptors (Lipinski definition) is 8. The molecular formula is C34H66O4S4. The topological polar surface area (TPSA) is 52.6 Å². The summed E-state index contributed by atoms with van der Waals surface area (Å²) in [7, 11) is 3.81. The summed E-state index contributed by atoms with van der Waals surface area (Å²) in [6.45, 7) is 5.70. The number of thioether (sulfide) groups is 2. The molecule has 4 nitrogen and oxygen atoms in total. The van der Waals surface area contributed by atoms with Crippen molar-refractivity contribution in [3.05, 3.63) is 0 Å². The van der Waals surface area contributed by atoms with Gasteiger partial charge in [0.05, 0.1) is 26.1 Å². The van der Waals surface area contributed by atoms with E-state index in [4.69, 9.17) is 9.47 Å². The first-order valence-electron chi connectivity index (χ1n) is 17.4. The van der Waals surface area contributed by atoms with Crippen LogP contribution in [0, 0.1) is 0 Å². The van der Waals surface area contributed by atoms with Crippen LogP contribution in [0.2, 0.25) is 0 Å². The van der Waals surface area contributed by atoms with Gasteiger partial charge in [0.25, 0.3) is 0 Å². The quantitative estimate of drug-likeness (QED) is 0.0376. The summed E-state index contributed by atoms with van der Waals surface area (Å²) in [6, 6.07) is 0. The second kappa shape index (κ2) is 37.5. The molecular weight excluding hydrogens is 601 g/mol. The fourth-order valence-electron chi connectivity index (χ4n) is 4.51. The smallest absolute Gasteiger partial charge is 0.306 e. The van der Waals surface area contributed by atoms with Crippen LogP contribution in [-0.2, 0) is 19.1 Å². The summed E-state index contributed by atoms with van der Waals surface area (Å²) in [5.41, 5.74) is 0. The molecule has 0 atom stereocenters. The normalized spacial score (nSPS) is 11.2. The van der Waals surface area contributed by atoms with Gasteiger partial charge in [-0.2, -0.15) is 23.5 Å². The third-order valence-electron chi connectivity index (χ3n) is 7.13. The molecule has 0 radical (unpaired) electrons. The highest BCUT2D eigenvalue weighted by Gasteiger charge is 2.04. The van der Waals surface area contributed by atoms with E-state index in [1.165, 1.54) is 116 Å². The van der Waals surface area contributed by atoms with Crippen molar-refractivity contribution in [3.63, 3.8) is 0 Å². The maximum atomic E-state index is 11.9. The Morgan fingerprint density at radius 2 is 0.714 bits per heavy atom. The molecule has 0 aliphatic rings. The zero-order valence-electron chi connectivity index (χ0n) is 27.5. The molecule has 0 aromatic rings. The van der Waals surface area contributed by atoms with E-state index < -0.39 is 0 Å². The average Bonchev–Trinajstić information content (AvgIpc) is 2.99. The standard InChI is InChI=1S/C34H66O4S4/c1-3-5-7-9-11-13-15-17-19-21-25-37-33(35)23-27-39-29-31-41-42-32-30-40-28-24-34(36)38-26-22-20-18-16-14-12-10-8-6-4-2/h3-32H2,1-2H3. The fraction of sp³-hybridized carbons (Fsp3) is 0.941. The van der Waals surface area contributed by atoms with Crippen LogP contribution < -0.4 is 0 Å². The van der Waals surface area contributed by atoms with Gasteiger partial charge in [-0.3, -0.25) is 9.59 Å². The molecule has 0 aliphatic heterocycles. The van der Waals surface area contributed by atoms with Crippen LogP contribution in [0.25, 0.3) is 0 Å². The molecule has 0 aromatic carbocycles. The molecule has 0 heterocycles. The molecule has 250 valence electrons. The average molecular weight is 667 g/mol. The zero-order valence-corrected chi connectivity index (χ0v) is 30.7. The molecule has 0 rings (SSSR count). The highest BCUT2D eigenvalue weighted by atomic mass is 33.1. The molecule has 0 amide bonds. The lowest BCUT2D eigenvalue weighted by Gasteiger charge is -2.06. The van der Waals surface area contributed by atoms with Crippen molar-refractivity contribution in [2.75, 3.05) is 47.7 Å². The Hall–Kier alpha value is 0.340. The van der Waals surface area contributed by atoms with E-state index in [1.54, 1.807) is 0 Å². The van der Waals surface area contributed by atoms with Crippen molar-refractivity contribution in [2.45, 2.75) is 155 Å². The Morgan fingerprint density at radius 3 is 1.05 bits per heavy atom. The first kappa shape index (κ1) is 42.3. The van der Waals surface area contributed by atoms with Gasteiger partial charge >= 0.3 is 11.9 Å². The van der Waals surface area contributed by atoms with Gasteiger partial charge < -0.3 is 9.47 Å². The first-order valence-corrected chi connectivity index (χ1v) is 22.2. The van der Waals surface area contributed by atoms with Crippen molar-refractivity contribution < 1.29 is 19.1 Å². The predicted molar refractivity (Wildman–Crippen MR) is 194 cm³/mol. The highest BCUT2D eigenvalue weighted by molar-refractivity contribution is 8.76. The summed E-state index contributed by atoms with van der Waals surface area (Å²) < 4.78 is 10.8. The van der Waals surface area contributed by atoms with E-state index in [-0.39, 0.29) is 11.9 Å². The Morgan fingerprint density at radius 1 is 0.405 bits per heavy atom. The van der Waals surface area contributed by atoms with Gasteiger partial charge in [0, 0.05) is 34.5 Å². The van der Waals surface area contributed by atoms with Gasteiger partial charge in [-0.1, -0.05) is 151 Å². The number of ether oxygens (including phenoxy) is 2. The number of carbonyl (C=O) groups is 2. The van der Waals surface area contributed by atoms with Crippen molar-refractivity contribution in [1.29, 1.82) is 0 Å². The minimum Gasteiger partial charge on any atom is -0.466 e. The summed E-state index contributed by atoms with van der Waals surface area (Å²) in [5.74, 6) is 5.96. The number of esters is 2. The third kappa shape index (κ3) is 36.5. The summed E-state index contributed by atoms with van der Waals surface area (Å²) in [6.07, 6.45) is 27.0. The van der Waals surface area contributed by atoms with Gasteiger partial charge in [-0.15, -0.1) is 0 Å². The Balaban J connectivity index is 3.22. The summed E-state index contributed by atoms with van der Waals surface area (Å²) >= 11 is 3.68. The number of carbonyl (C=O) groups excluding carboxylic acids is 2. The van der Waals surface area contributed by atoms with Crippen LogP contribution in [-0.4, -0.2) is 59.7 Å². The Bertz CT molecular complexity index is 518. The van der Waals surface area contributed by atoms with Crippen molar-refractivity contribution in [3.8, 4) is 0 Å². The van der Waals surface area contributed by atoms with E-state index >= 15 is 0 Å². The summed E-state index contributed by atoms with van der Waals surface area (Å²) in [4.78, 5) is 23.7. The Kier molecular flexibility index (Phi) is 37.8. The molecule has 0 N–H and O–H groups in total. The second-order valence-electron chi connectivity index (χ2n) is 11.2. The lowest BCUT2D eigenvalue weighted by atomic mass is 10.1. The lowest BCUT2D eigenvalue weighted by Crippen LogP contribution is -2.07. The maximum Gasteiger partial charge on any atom is 0.306 e. The number of unbranched alkanes of at least 4 members (excludes halogenated alkanes) is 18. The molecule has 0 saturated carbocycles. The minimum atomic E-state index is -0.0415. The van der Waals surface area contributed by atoms with Crippen LogP contribution in [0.3, 0.4) is 0 Å². The largest absolute Gasteiger partial charge is 0.466 e. The maximum absolute atomic E-state index is 11.9. The van der Waals surface area contributed by atoms with Crippen LogP contribution in [0.15, 0.2) is 0 Å². The number of hydrogen-bond donors (Lipinski definition) is 0. The molecule has 8 heteroatoms. The van der Waals surface area contributed by atoms with Crippen LogP contribution in [0.5, 0.6) is 0 Å². The monoisotopic (exact) mass is 666 g/mol. The summed E-state index contributed by atoms with van der Waals surface area (Å²) in [5, 5.41) is 0. The van der Waals surface area contributed by atoms with Crippen LogP contribution in [0.1, 0.15) is 155 Å².